The molecule has 2 heterocycles. The van der Waals surface area contributed by atoms with Crippen LogP contribution >= 0.6 is 11.6 Å². The van der Waals surface area contributed by atoms with Gasteiger partial charge in [-0.3, -0.25) is 4.79 Å². The Morgan fingerprint density at radius 3 is 2.74 bits per heavy atom. The van der Waals surface area contributed by atoms with E-state index in [0.717, 1.165) is 24.5 Å². The summed E-state index contributed by atoms with van der Waals surface area (Å²) in [5.74, 6) is 0.986. The number of hydrogen-bond donors (Lipinski definition) is 0. The zero-order valence-electron chi connectivity index (χ0n) is 12.7. The lowest BCUT2D eigenvalue weighted by Crippen LogP contribution is -2.48. The highest BCUT2D eigenvalue weighted by molar-refractivity contribution is 6.30. The molecule has 4 nitrogen and oxygen atoms in total. The van der Waals surface area contributed by atoms with Crippen molar-refractivity contribution in [3.8, 4) is 0 Å². The zero-order valence-corrected chi connectivity index (χ0v) is 13.4. The van der Waals surface area contributed by atoms with E-state index >= 15 is 0 Å². The third-order valence-electron chi connectivity index (χ3n) is 3.77. The fraction of sp³-hybridized carbons (Fsp3) is 0.222. The molecule has 0 spiro atoms. The predicted molar refractivity (Wildman–Crippen MR) is 92.4 cm³/mol. The Morgan fingerprint density at radius 1 is 1.22 bits per heavy atom. The maximum absolute atomic E-state index is 12.3. The van der Waals surface area contributed by atoms with Crippen LogP contribution in [-0.2, 0) is 4.79 Å². The van der Waals surface area contributed by atoms with Gasteiger partial charge in [0, 0.05) is 49.5 Å². The van der Waals surface area contributed by atoms with E-state index in [0.29, 0.717) is 18.1 Å². The number of carbonyl (C=O) groups is 1. The predicted octanol–water partition coefficient (Wildman–Crippen LogP) is 2.90. The van der Waals surface area contributed by atoms with Gasteiger partial charge in [0.05, 0.1) is 0 Å². The number of nitrogens with zero attached hydrogens (tertiary/aromatic N) is 3. The zero-order chi connectivity index (χ0) is 16.1. The molecule has 5 heteroatoms. The number of carbonyl (C=O) groups excluding carboxylic acids is 1. The van der Waals surface area contributed by atoms with Crippen LogP contribution in [0, 0.1) is 6.07 Å². The van der Waals surface area contributed by atoms with E-state index in [4.69, 9.17) is 11.6 Å². The lowest BCUT2D eigenvalue weighted by Gasteiger charge is -2.34. The van der Waals surface area contributed by atoms with Crippen molar-refractivity contribution < 1.29 is 4.79 Å². The second kappa shape index (κ2) is 7.29. The number of piperazine rings is 1. The van der Waals surface area contributed by atoms with Gasteiger partial charge >= 0.3 is 0 Å². The second-order valence-electron chi connectivity index (χ2n) is 5.30. The molecule has 3 rings (SSSR count). The Kier molecular flexibility index (Phi) is 4.93. The van der Waals surface area contributed by atoms with Crippen molar-refractivity contribution in [1.82, 2.24) is 9.88 Å². The van der Waals surface area contributed by atoms with Crippen molar-refractivity contribution in [2.45, 2.75) is 0 Å². The Morgan fingerprint density at radius 2 is 2.04 bits per heavy atom. The number of anilines is 1. The minimum Gasteiger partial charge on any atom is -0.353 e. The largest absolute Gasteiger partial charge is 0.353 e. The molecule has 1 aliphatic heterocycles. The van der Waals surface area contributed by atoms with E-state index in [1.807, 2.05) is 29.2 Å². The first-order chi connectivity index (χ1) is 11.2. The SMILES string of the molecule is O=C(/C=C/c1cc[c]c(Cl)c1)N1CCN(c2ccccn2)CC1. The Labute approximate surface area is 141 Å². The van der Waals surface area contributed by atoms with Crippen LogP contribution in [0.4, 0.5) is 5.82 Å². The highest BCUT2D eigenvalue weighted by atomic mass is 35.5. The molecule has 1 aromatic heterocycles. The molecule has 0 N–H and O–H groups in total. The number of amides is 1. The molecular formula is C18H17ClN3O. The van der Waals surface area contributed by atoms with Gasteiger partial charge in [-0.2, -0.15) is 0 Å². The number of benzene rings is 1. The quantitative estimate of drug-likeness (QED) is 0.814. The summed E-state index contributed by atoms with van der Waals surface area (Å²) in [5, 5.41) is 0.545. The summed E-state index contributed by atoms with van der Waals surface area (Å²) < 4.78 is 0. The molecule has 1 fully saturated rings. The molecule has 0 saturated carbocycles. The van der Waals surface area contributed by atoms with Gasteiger partial charge in [0.15, 0.2) is 0 Å². The highest BCUT2D eigenvalue weighted by Gasteiger charge is 2.20. The molecule has 1 radical (unpaired) electrons. The summed E-state index contributed by atoms with van der Waals surface area (Å²) in [4.78, 5) is 20.7. The van der Waals surface area contributed by atoms with Crippen LogP contribution in [0.3, 0.4) is 0 Å². The molecule has 0 bridgehead atoms. The number of halogens is 1. The van der Waals surface area contributed by atoms with Gasteiger partial charge in [-0.1, -0.05) is 29.8 Å². The van der Waals surface area contributed by atoms with E-state index < -0.39 is 0 Å². The maximum atomic E-state index is 12.3. The van der Waals surface area contributed by atoms with Crippen molar-refractivity contribution in [2.24, 2.45) is 0 Å². The van der Waals surface area contributed by atoms with Crippen LogP contribution < -0.4 is 4.90 Å². The molecule has 0 unspecified atom stereocenters. The first-order valence-electron chi connectivity index (χ1n) is 7.52. The van der Waals surface area contributed by atoms with E-state index in [9.17, 15) is 4.79 Å². The topological polar surface area (TPSA) is 36.4 Å². The molecule has 0 aliphatic carbocycles. The minimum absolute atomic E-state index is 0.0228. The Balaban J connectivity index is 1.56. The van der Waals surface area contributed by atoms with Gasteiger partial charge in [0.1, 0.15) is 5.82 Å². The Hall–Kier alpha value is -2.33. The number of rotatable bonds is 3. The molecule has 0 atom stereocenters. The summed E-state index contributed by atoms with van der Waals surface area (Å²) in [7, 11) is 0. The first-order valence-corrected chi connectivity index (χ1v) is 7.90. The van der Waals surface area contributed by atoms with Crippen LogP contribution in [0.15, 0.2) is 48.7 Å². The molecule has 1 saturated heterocycles. The van der Waals surface area contributed by atoms with Crippen LogP contribution in [-0.4, -0.2) is 42.0 Å². The van der Waals surface area contributed by atoms with Crippen molar-refractivity contribution in [3.63, 3.8) is 0 Å². The van der Waals surface area contributed by atoms with Crippen molar-refractivity contribution in [3.05, 3.63) is 65.3 Å². The van der Waals surface area contributed by atoms with Gasteiger partial charge in [0.2, 0.25) is 5.91 Å². The highest BCUT2D eigenvalue weighted by Crippen LogP contribution is 2.14. The molecular weight excluding hydrogens is 310 g/mol. The van der Waals surface area contributed by atoms with Crippen LogP contribution in [0.5, 0.6) is 0 Å². The standard InChI is InChI=1S/C18H17ClN3O/c19-16-5-3-4-15(14-16)7-8-18(23)22-12-10-21(11-13-22)17-6-1-2-9-20-17/h1-4,6-9,14H,10-13H2/b8-7+. The molecule has 117 valence electrons. The van der Waals surface area contributed by atoms with Crippen LogP contribution in [0.1, 0.15) is 5.56 Å². The van der Waals surface area contributed by atoms with Gasteiger partial charge in [-0.05, 0) is 29.8 Å². The lowest BCUT2D eigenvalue weighted by atomic mass is 10.2. The third kappa shape index (κ3) is 4.11. The van der Waals surface area contributed by atoms with Gasteiger partial charge in [-0.25, -0.2) is 4.98 Å². The fourth-order valence-electron chi connectivity index (χ4n) is 2.53. The van der Waals surface area contributed by atoms with E-state index in [1.165, 1.54) is 0 Å². The molecule has 23 heavy (non-hydrogen) atoms. The molecule has 2 aromatic rings. The monoisotopic (exact) mass is 326 g/mol. The van der Waals surface area contributed by atoms with Gasteiger partial charge < -0.3 is 9.80 Å². The van der Waals surface area contributed by atoms with Gasteiger partial charge in [0.25, 0.3) is 0 Å². The van der Waals surface area contributed by atoms with E-state index in [-0.39, 0.29) is 5.91 Å². The Bertz CT molecular complexity index is 694. The lowest BCUT2D eigenvalue weighted by molar-refractivity contribution is -0.126. The second-order valence-corrected chi connectivity index (χ2v) is 5.71. The van der Waals surface area contributed by atoms with Crippen molar-refractivity contribution >= 4 is 29.4 Å². The summed E-state index contributed by atoms with van der Waals surface area (Å²) in [6.07, 6.45) is 5.17. The molecule has 1 amide bonds. The smallest absolute Gasteiger partial charge is 0.246 e. The number of aromatic nitrogens is 1. The summed E-state index contributed by atoms with van der Waals surface area (Å²) in [5.41, 5.74) is 0.897. The minimum atomic E-state index is 0.0228. The summed E-state index contributed by atoms with van der Waals surface area (Å²) >= 11 is 5.89. The number of hydrogen-bond acceptors (Lipinski definition) is 3. The molecule has 1 aliphatic rings. The van der Waals surface area contributed by atoms with Crippen molar-refractivity contribution in [1.29, 1.82) is 0 Å². The summed E-state index contributed by atoms with van der Waals surface area (Å²) in [6, 6.07) is 14.1. The normalized spacial score (nSPS) is 15.2. The van der Waals surface area contributed by atoms with Crippen LogP contribution in [0.2, 0.25) is 5.02 Å². The average Bonchev–Trinajstić information content (AvgIpc) is 2.61. The van der Waals surface area contributed by atoms with Crippen molar-refractivity contribution in [2.75, 3.05) is 31.1 Å². The average molecular weight is 327 g/mol. The maximum Gasteiger partial charge on any atom is 0.246 e. The van der Waals surface area contributed by atoms with E-state index in [1.54, 1.807) is 30.5 Å². The van der Waals surface area contributed by atoms with E-state index in [2.05, 4.69) is 16.0 Å². The van der Waals surface area contributed by atoms with Gasteiger partial charge in [-0.15, -0.1) is 0 Å². The summed E-state index contributed by atoms with van der Waals surface area (Å²) in [6.45, 7) is 2.98. The first kappa shape index (κ1) is 15.6. The number of pyridine rings is 1. The fourth-order valence-corrected chi connectivity index (χ4v) is 2.72. The van der Waals surface area contributed by atoms with Crippen LogP contribution in [0.25, 0.3) is 6.08 Å². The third-order valence-corrected chi connectivity index (χ3v) is 3.99. The molecule has 1 aromatic carbocycles.